The number of hydrogen-bond acceptors (Lipinski definition) is 3. The van der Waals surface area contributed by atoms with E-state index in [1.807, 2.05) is 18.2 Å². The summed E-state index contributed by atoms with van der Waals surface area (Å²) in [5, 5.41) is 7.98. The van der Waals surface area contributed by atoms with E-state index in [4.69, 9.17) is 14.4 Å². The lowest BCUT2D eigenvalue weighted by atomic mass is 9.67. The molecule has 0 saturated heterocycles. The van der Waals surface area contributed by atoms with Gasteiger partial charge in [-0.05, 0) is 79.9 Å². The van der Waals surface area contributed by atoms with Gasteiger partial charge in [-0.15, -0.1) is 0 Å². The highest BCUT2D eigenvalue weighted by Crippen LogP contribution is 2.57. The topological polar surface area (TPSA) is 43.9 Å². The first-order valence-corrected chi connectivity index (χ1v) is 20.2. The van der Waals surface area contributed by atoms with Crippen molar-refractivity contribution in [2.24, 2.45) is 0 Å². The molecule has 3 heterocycles. The van der Waals surface area contributed by atoms with Crippen LogP contribution < -0.4 is 0 Å². The van der Waals surface area contributed by atoms with E-state index in [0.717, 1.165) is 50.0 Å². The minimum absolute atomic E-state index is 0.516. The van der Waals surface area contributed by atoms with Gasteiger partial charge in [0.1, 0.15) is 16.8 Å². The molecule has 59 heavy (non-hydrogen) atoms. The zero-order valence-corrected chi connectivity index (χ0v) is 31.8. The SMILES string of the molecule is c1ccc(C2(c3ccccc3)c3ccccc3-c3ccc(-c4nc5oc6ccccc6c5nc4-n4c5cc6ccccc6cc5c5ccc6ccccc6c54)cc32)cc1. The quantitative estimate of drug-likeness (QED) is 0.180. The molecule has 0 N–H and O–H groups in total. The molecule has 4 nitrogen and oxygen atoms in total. The highest BCUT2D eigenvalue weighted by Gasteiger charge is 2.46. The van der Waals surface area contributed by atoms with Crippen molar-refractivity contribution in [2.75, 3.05) is 0 Å². The molecule has 0 radical (unpaired) electrons. The molecule has 0 bridgehead atoms. The molecule has 0 aliphatic heterocycles. The van der Waals surface area contributed by atoms with Crippen LogP contribution in [0.2, 0.25) is 0 Å². The summed E-state index contributed by atoms with van der Waals surface area (Å²) in [6.45, 7) is 0. The summed E-state index contributed by atoms with van der Waals surface area (Å²) in [5.41, 5.74) is 12.7. The van der Waals surface area contributed by atoms with Gasteiger partial charge < -0.3 is 4.42 Å². The molecule has 1 aliphatic carbocycles. The second-order valence-electron chi connectivity index (χ2n) is 15.7. The normalized spacial score (nSPS) is 13.2. The largest absolute Gasteiger partial charge is 0.436 e. The molecule has 13 rings (SSSR count). The van der Waals surface area contributed by atoms with Crippen molar-refractivity contribution >= 4 is 65.6 Å². The van der Waals surface area contributed by atoms with Crippen molar-refractivity contribution in [1.82, 2.24) is 14.5 Å². The summed E-state index contributed by atoms with van der Waals surface area (Å²) >= 11 is 0. The zero-order valence-electron chi connectivity index (χ0n) is 31.8. The van der Waals surface area contributed by atoms with Crippen LogP contribution in [0.1, 0.15) is 22.3 Å². The van der Waals surface area contributed by atoms with E-state index in [9.17, 15) is 0 Å². The van der Waals surface area contributed by atoms with E-state index in [-0.39, 0.29) is 0 Å². The lowest BCUT2D eigenvalue weighted by molar-refractivity contribution is 0.653. The molecule has 12 aromatic rings. The van der Waals surface area contributed by atoms with Crippen LogP contribution in [-0.2, 0) is 5.41 Å². The van der Waals surface area contributed by atoms with Crippen LogP contribution in [0, 0.1) is 0 Å². The second kappa shape index (κ2) is 12.1. The van der Waals surface area contributed by atoms with Gasteiger partial charge in [-0.2, -0.15) is 0 Å². The Hall–Kier alpha value is -7.82. The van der Waals surface area contributed by atoms with E-state index in [2.05, 4.69) is 187 Å². The van der Waals surface area contributed by atoms with Gasteiger partial charge in [0.15, 0.2) is 5.82 Å². The van der Waals surface area contributed by atoms with E-state index in [0.29, 0.717) is 5.71 Å². The van der Waals surface area contributed by atoms with Crippen LogP contribution in [0.15, 0.2) is 205 Å². The van der Waals surface area contributed by atoms with Crippen molar-refractivity contribution in [3.63, 3.8) is 0 Å². The Morgan fingerprint density at radius 3 is 1.88 bits per heavy atom. The number of rotatable bonds is 4. The Morgan fingerprint density at radius 2 is 1.08 bits per heavy atom. The number of nitrogens with zero attached hydrogens (tertiary/aromatic N) is 3. The average Bonchev–Trinajstić information content (AvgIpc) is 3.94. The van der Waals surface area contributed by atoms with Crippen LogP contribution in [0.5, 0.6) is 0 Å². The highest BCUT2D eigenvalue weighted by atomic mass is 16.3. The lowest BCUT2D eigenvalue weighted by Gasteiger charge is -2.34. The molecule has 0 spiro atoms. The number of aromatic nitrogens is 3. The molecule has 0 atom stereocenters. The minimum atomic E-state index is -0.566. The van der Waals surface area contributed by atoms with Crippen molar-refractivity contribution in [3.8, 4) is 28.2 Å². The Balaban J connectivity index is 1.19. The monoisotopic (exact) mass is 751 g/mol. The van der Waals surface area contributed by atoms with Gasteiger partial charge in [-0.3, -0.25) is 4.57 Å². The fourth-order valence-electron chi connectivity index (χ4n) is 10.1. The molecule has 0 fully saturated rings. The lowest BCUT2D eigenvalue weighted by Crippen LogP contribution is -2.28. The third-order valence-corrected chi connectivity index (χ3v) is 12.7. The zero-order chi connectivity index (χ0) is 38.7. The number of hydrogen-bond donors (Lipinski definition) is 0. The third kappa shape index (κ3) is 4.43. The highest BCUT2D eigenvalue weighted by molar-refractivity contribution is 6.21. The third-order valence-electron chi connectivity index (χ3n) is 12.7. The number of fused-ring (bicyclic) bond motifs is 12. The minimum Gasteiger partial charge on any atom is -0.436 e. The molecule has 1 aliphatic rings. The maximum atomic E-state index is 6.53. The van der Waals surface area contributed by atoms with Gasteiger partial charge in [-0.1, -0.05) is 170 Å². The summed E-state index contributed by atoms with van der Waals surface area (Å²) in [7, 11) is 0. The number of benzene rings is 9. The van der Waals surface area contributed by atoms with Crippen molar-refractivity contribution < 1.29 is 4.42 Å². The molecular weight excluding hydrogens is 719 g/mol. The van der Waals surface area contributed by atoms with E-state index < -0.39 is 5.41 Å². The van der Waals surface area contributed by atoms with Crippen molar-refractivity contribution in [2.45, 2.75) is 5.41 Å². The maximum Gasteiger partial charge on any atom is 0.247 e. The van der Waals surface area contributed by atoms with Crippen LogP contribution in [0.25, 0.3) is 93.8 Å². The van der Waals surface area contributed by atoms with Gasteiger partial charge >= 0.3 is 0 Å². The molecule has 0 saturated carbocycles. The van der Waals surface area contributed by atoms with Gasteiger partial charge in [0.25, 0.3) is 0 Å². The Labute approximate surface area is 339 Å². The Kier molecular flexibility index (Phi) is 6.62. The fraction of sp³-hybridized carbons (Fsp3) is 0.0182. The van der Waals surface area contributed by atoms with Crippen LogP contribution in [-0.4, -0.2) is 14.5 Å². The van der Waals surface area contributed by atoms with Crippen molar-refractivity contribution in [3.05, 3.63) is 222 Å². The van der Waals surface area contributed by atoms with Gasteiger partial charge in [0.05, 0.1) is 16.4 Å². The molecule has 3 aromatic heterocycles. The smallest absolute Gasteiger partial charge is 0.247 e. The Bertz CT molecular complexity index is 3630. The van der Waals surface area contributed by atoms with Gasteiger partial charge in [0.2, 0.25) is 5.71 Å². The molecule has 9 aromatic carbocycles. The predicted octanol–water partition coefficient (Wildman–Crippen LogP) is 13.8. The first kappa shape index (κ1) is 32.3. The van der Waals surface area contributed by atoms with Crippen molar-refractivity contribution in [1.29, 1.82) is 0 Å². The van der Waals surface area contributed by atoms with Gasteiger partial charge in [-0.25, -0.2) is 9.97 Å². The molecule has 4 heteroatoms. The average molecular weight is 752 g/mol. The summed E-state index contributed by atoms with van der Waals surface area (Å²) in [6.07, 6.45) is 0. The summed E-state index contributed by atoms with van der Waals surface area (Å²) in [6, 6.07) is 72.2. The fourth-order valence-corrected chi connectivity index (χ4v) is 10.1. The first-order chi connectivity index (χ1) is 29.3. The number of furan rings is 1. The Morgan fingerprint density at radius 1 is 0.441 bits per heavy atom. The van der Waals surface area contributed by atoms with Crippen LogP contribution >= 0.6 is 0 Å². The predicted molar refractivity (Wildman–Crippen MR) is 241 cm³/mol. The molecule has 0 amide bonds. The van der Waals surface area contributed by atoms with Crippen LogP contribution in [0.4, 0.5) is 0 Å². The maximum absolute atomic E-state index is 6.53. The van der Waals surface area contributed by atoms with E-state index in [1.54, 1.807) is 0 Å². The first-order valence-electron chi connectivity index (χ1n) is 20.2. The van der Waals surface area contributed by atoms with E-state index in [1.165, 1.54) is 60.3 Å². The summed E-state index contributed by atoms with van der Waals surface area (Å²) in [4.78, 5) is 11.2. The molecular formula is C55H33N3O. The summed E-state index contributed by atoms with van der Waals surface area (Å²) in [5.74, 6) is 0.760. The molecule has 0 unspecified atom stereocenters. The van der Waals surface area contributed by atoms with E-state index >= 15 is 0 Å². The standard InChI is InChI=1S/C55H33N3O/c1-3-18-38(19-4-1)55(39-20-5-2-6-21-39)46-25-13-11-23-41(46)42-29-28-37(32-47(42)55)50-53(56-51-44-24-12-14-26-49(44)59-54(51)57-50)58-48-33-36-17-8-7-16-35(36)31-45(48)43-30-27-34-15-9-10-22-40(34)52(43)58/h1-33H. The second-order valence-corrected chi connectivity index (χ2v) is 15.7. The molecule has 274 valence electrons. The van der Waals surface area contributed by atoms with Crippen LogP contribution in [0.3, 0.4) is 0 Å². The number of para-hydroxylation sites is 1. The summed E-state index contributed by atoms with van der Waals surface area (Å²) < 4.78 is 8.90. The van der Waals surface area contributed by atoms with Gasteiger partial charge in [0, 0.05) is 27.1 Å².